The summed E-state index contributed by atoms with van der Waals surface area (Å²) < 4.78 is 6.56. The van der Waals surface area contributed by atoms with Gasteiger partial charge in [0.15, 0.2) is 0 Å². The quantitative estimate of drug-likeness (QED) is 0.772. The number of ether oxygens (including phenoxy) is 1. The maximum atomic E-state index is 5.09. The Morgan fingerprint density at radius 1 is 1.43 bits per heavy atom. The molecule has 0 saturated carbocycles. The molecule has 0 bridgehead atoms. The maximum Gasteiger partial charge on any atom is 0.0587 e. The zero-order chi connectivity index (χ0) is 15.3. The first-order chi connectivity index (χ1) is 10.0. The van der Waals surface area contributed by atoms with Crippen molar-refractivity contribution >= 4 is 33.4 Å². The van der Waals surface area contributed by atoms with E-state index in [2.05, 4.69) is 70.0 Å². The Balaban J connectivity index is 2.10. The molecule has 0 aliphatic carbocycles. The molecule has 1 aliphatic rings. The van der Waals surface area contributed by atoms with Crippen molar-refractivity contribution in [2.45, 2.75) is 25.1 Å². The SMILES string of the molecule is COCCNCc1cc(Br)ccc1N1CCSC(C)(C)C1. The van der Waals surface area contributed by atoms with Crippen molar-refractivity contribution in [3.63, 3.8) is 0 Å². The first kappa shape index (κ1) is 17.1. The van der Waals surface area contributed by atoms with E-state index < -0.39 is 0 Å². The monoisotopic (exact) mass is 372 g/mol. The Morgan fingerprint density at radius 3 is 2.95 bits per heavy atom. The summed E-state index contributed by atoms with van der Waals surface area (Å²) in [5, 5.41) is 3.45. The standard InChI is InChI=1S/C16H25BrN2OS/c1-16(2)12-19(7-9-21-16)15-5-4-14(17)10-13(15)11-18-6-8-20-3/h4-5,10,18H,6-9,11-12H2,1-3H3. The summed E-state index contributed by atoms with van der Waals surface area (Å²) in [4.78, 5) is 2.52. The highest BCUT2D eigenvalue weighted by Gasteiger charge is 2.28. The second-order valence-corrected chi connectivity index (χ2v) is 8.69. The van der Waals surface area contributed by atoms with Gasteiger partial charge in [-0.3, -0.25) is 0 Å². The number of methoxy groups -OCH3 is 1. The zero-order valence-corrected chi connectivity index (χ0v) is 15.5. The number of rotatable bonds is 6. The summed E-state index contributed by atoms with van der Waals surface area (Å²) in [6, 6.07) is 6.61. The fourth-order valence-electron chi connectivity index (χ4n) is 2.62. The molecule has 0 radical (unpaired) electrons. The predicted molar refractivity (Wildman–Crippen MR) is 96.5 cm³/mol. The third kappa shape index (κ3) is 5.16. The van der Waals surface area contributed by atoms with Crippen molar-refractivity contribution in [2.75, 3.05) is 44.0 Å². The Kier molecular flexibility index (Phi) is 6.41. The number of nitrogens with one attached hydrogen (secondary N) is 1. The van der Waals surface area contributed by atoms with Gasteiger partial charge in [0.05, 0.1) is 6.61 Å². The topological polar surface area (TPSA) is 24.5 Å². The molecule has 1 fully saturated rings. The van der Waals surface area contributed by atoms with Crippen LogP contribution in [0.4, 0.5) is 5.69 Å². The van der Waals surface area contributed by atoms with Crippen LogP contribution in [0.25, 0.3) is 0 Å². The van der Waals surface area contributed by atoms with Gasteiger partial charge in [-0.15, -0.1) is 0 Å². The minimum absolute atomic E-state index is 0.325. The van der Waals surface area contributed by atoms with Crippen LogP contribution in [-0.4, -0.2) is 43.9 Å². The summed E-state index contributed by atoms with van der Waals surface area (Å²) in [5.74, 6) is 1.19. The third-order valence-electron chi connectivity index (χ3n) is 3.61. The van der Waals surface area contributed by atoms with Gasteiger partial charge in [0.1, 0.15) is 0 Å². The Hall–Kier alpha value is -0.230. The normalized spacial score (nSPS) is 18.0. The van der Waals surface area contributed by atoms with Crippen molar-refractivity contribution in [1.82, 2.24) is 5.32 Å². The molecule has 118 valence electrons. The molecule has 5 heteroatoms. The average Bonchev–Trinajstić information content (AvgIpc) is 2.42. The van der Waals surface area contributed by atoms with Crippen molar-refractivity contribution in [2.24, 2.45) is 0 Å². The summed E-state index contributed by atoms with van der Waals surface area (Å²) in [5.41, 5.74) is 2.71. The van der Waals surface area contributed by atoms with Gasteiger partial charge in [-0.05, 0) is 37.6 Å². The largest absolute Gasteiger partial charge is 0.383 e. The van der Waals surface area contributed by atoms with E-state index in [-0.39, 0.29) is 0 Å². The molecular weight excluding hydrogens is 348 g/mol. The van der Waals surface area contributed by atoms with E-state index >= 15 is 0 Å². The summed E-state index contributed by atoms with van der Waals surface area (Å²) in [7, 11) is 1.74. The number of anilines is 1. The van der Waals surface area contributed by atoms with Gasteiger partial charge in [0, 0.05) is 53.9 Å². The highest BCUT2D eigenvalue weighted by molar-refractivity contribution is 9.10. The smallest absolute Gasteiger partial charge is 0.0587 e. The molecule has 1 N–H and O–H groups in total. The Bertz CT molecular complexity index is 468. The summed E-state index contributed by atoms with van der Waals surface area (Å²) in [6.45, 7) is 9.40. The molecule has 0 aromatic heterocycles. The van der Waals surface area contributed by atoms with E-state index in [0.29, 0.717) is 4.75 Å². The average molecular weight is 373 g/mol. The van der Waals surface area contributed by atoms with Crippen LogP contribution in [0, 0.1) is 0 Å². The van der Waals surface area contributed by atoms with Gasteiger partial charge in [0.2, 0.25) is 0 Å². The van der Waals surface area contributed by atoms with Crippen molar-refractivity contribution in [3.05, 3.63) is 28.2 Å². The molecule has 0 amide bonds. The predicted octanol–water partition coefficient (Wildman–Crippen LogP) is 3.52. The fourth-order valence-corrected chi connectivity index (χ4v) is 4.14. The number of thioether (sulfide) groups is 1. The fraction of sp³-hybridized carbons (Fsp3) is 0.625. The van der Waals surface area contributed by atoms with E-state index in [9.17, 15) is 0 Å². The van der Waals surface area contributed by atoms with E-state index in [1.807, 2.05) is 0 Å². The lowest BCUT2D eigenvalue weighted by Gasteiger charge is -2.39. The number of hydrogen-bond donors (Lipinski definition) is 1. The van der Waals surface area contributed by atoms with Crippen LogP contribution in [0.1, 0.15) is 19.4 Å². The molecule has 1 aromatic carbocycles. The minimum atomic E-state index is 0.325. The van der Waals surface area contributed by atoms with Crippen molar-refractivity contribution in [1.29, 1.82) is 0 Å². The molecule has 1 heterocycles. The Morgan fingerprint density at radius 2 is 2.24 bits per heavy atom. The van der Waals surface area contributed by atoms with E-state index in [1.54, 1.807) is 7.11 Å². The van der Waals surface area contributed by atoms with Gasteiger partial charge >= 0.3 is 0 Å². The van der Waals surface area contributed by atoms with E-state index in [0.717, 1.165) is 37.3 Å². The maximum absolute atomic E-state index is 5.09. The van der Waals surface area contributed by atoms with Crippen LogP contribution >= 0.6 is 27.7 Å². The molecule has 0 unspecified atom stereocenters. The lowest BCUT2D eigenvalue weighted by atomic mass is 10.1. The van der Waals surface area contributed by atoms with Crippen LogP contribution in [0.5, 0.6) is 0 Å². The number of halogens is 1. The van der Waals surface area contributed by atoms with E-state index in [4.69, 9.17) is 4.74 Å². The number of benzene rings is 1. The van der Waals surface area contributed by atoms with Crippen LogP contribution in [0.2, 0.25) is 0 Å². The van der Waals surface area contributed by atoms with Gasteiger partial charge < -0.3 is 15.0 Å². The van der Waals surface area contributed by atoms with Crippen molar-refractivity contribution in [3.8, 4) is 0 Å². The van der Waals surface area contributed by atoms with Crippen LogP contribution in [-0.2, 0) is 11.3 Å². The van der Waals surface area contributed by atoms with Gasteiger partial charge in [-0.25, -0.2) is 0 Å². The molecule has 1 aliphatic heterocycles. The summed E-state index contributed by atoms with van der Waals surface area (Å²) in [6.07, 6.45) is 0. The first-order valence-corrected chi connectivity index (χ1v) is 9.17. The second kappa shape index (κ2) is 7.86. The first-order valence-electron chi connectivity index (χ1n) is 7.39. The van der Waals surface area contributed by atoms with Crippen molar-refractivity contribution < 1.29 is 4.74 Å². The van der Waals surface area contributed by atoms with Crippen LogP contribution in [0.3, 0.4) is 0 Å². The molecule has 3 nitrogen and oxygen atoms in total. The van der Waals surface area contributed by atoms with E-state index in [1.165, 1.54) is 17.0 Å². The van der Waals surface area contributed by atoms with Gasteiger partial charge in [-0.1, -0.05) is 15.9 Å². The number of nitrogens with zero attached hydrogens (tertiary/aromatic N) is 1. The molecule has 1 aromatic rings. The molecule has 1 saturated heterocycles. The Labute approximate surface area is 140 Å². The van der Waals surface area contributed by atoms with Gasteiger partial charge in [0.25, 0.3) is 0 Å². The van der Waals surface area contributed by atoms with Gasteiger partial charge in [-0.2, -0.15) is 11.8 Å². The molecule has 21 heavy (non-hydrogen) atoms. The highest BCUT2D eigenvalue weighted by atomic mass is 79.9. The molecule has 0 spiro atoms. The lowest BCUT2D eigenvalue weighted by Crippen LogP contribution is -2.43. The van der Waals surface area contributed by atoms with Crippen LogP contribution in [0.15, 0.2) is 22.7 Å². The minimum Gasteiger partial charge on any atom is -0.383 e. The zero-order valence-electron chi connectivity index (χ0n) is 13.1. The molecule has 0 atom stereocenters. The molecular formula is C16H25BrN2OS. The molecule has 2 rings (SSSR count). The second-order valence-electron chi connectivity index (χ2n) is 5.97. The number of hydrogen-bond acceptors (Lipinski definition) is 4. The van der Waals surface area contributed by atoms with Crippen LogP contribution < -0.4 is 10.2 Å². The lowest BCUT2D eigenvalue weighted by molar-refractivity contribution is 0.199. The third-order valence-corrected chi connectivity index (χ3v) is 5.40. The highest BCUT2D eigenvalue weighted by Crippen LogP contribution is 2.34. The summed E-state index contributed by atoms with van der Waals surface area (Å²) >= 11 is 5.66.